The zero-order chi connectivity index (χ0) is 22.2. The van der Waals surface area contributed by atoms with Crippen LogP contribution < -0.4 is 14.4 Å². The Hall–Kier alpha value is -3.92. The molecule has 0 saturated carbocycles. The van der Waals surface area contributed by atoms with Crippen LogP contribution >= 0.6 is 0 Å². The maximum absolute atomic E-state index is 10.9. The Kier molecular flexibility index (Phi) is 4.98. The smallest absolute Gasteiger partial charge is 0.256 e. The Balaban J connectivity index is 1.38. The van der Waals surface area contributed by atoms with E-state index in [2.05, 4.69) is 15.2 Å². The minimum Gasteiger partial charge on any atom is -0.491 e. The van der Waals surface area contributed by atoms with Crippen molar-refractivity contribution < 1.29 is 14.6 Å². The SMILES string of the molecule is COc1cc(-c2ccc3c(n2)CN(c2cnn(Cc4ccn(C)n4)c2)C3O)cnc1OC. The van der Waals surface area contributed by atoms with Gasteiger partial charge in [-0.15, -0.1) is 0 Å². The molecule has 0 bridgehead atoms. The molecule has 0 aromatic carbocycles. The second kappa shape index (κ2) is 7.97. The van der Waals surface area contributed by atoms with Crippen LogP contribution in [-0.2, 0) is 20.1 Å². The summed E-state index contributed by atoms with van der Waals surface area (Å²) in [5.74, 6) is 0.955. The van der Waals surface area contributed by atoms with Crippen molar-refractivity contribution in [2.24, 2.45) is 7.05 Å². The normalized spacial score (nSPS) is 15.1. The van der Waals surface area contributed by atoms with Gasteiger partial charge in [-0.1, -0.05) is 6.07 Å². The van der Waals surface area contributed by atoms with Crippen molar-refractivity contribution in [3.05, 3.63) is 66.0 Å². The van der Waals surface area contributed by atoms with Gasteiger partial charge in [-0.2, -0.15) is 10.2 Å². The molecule has 0 radical (unpaired) electrons. The minimum atomic E-state index is -0.789. The lowest BCUT2D eigenvalue weighted by molar-refractivity contribution is 0.181. The topological polar surface area (TPSA) is 103 Å². The largest absolute Gasteiger partial charge is 0.491 e. The molecule has 1 aliphatic rings. The standard InChI is InChI=1S/C22H23N7O3/c1-27-7-6-15(26-27)11-28-12-16(10-24-28)29-13-19-17(22(29)30)4-5-18(25-19)14-8-20(31-2)21(32-3)23-9-14/h4-10,12,22,30H,11,13H2,1-3H3. The number of hydrogen-bond acceptors (Lipinski definition) is 8. The van der Waals surface area contributed by atoms with Crippen molar-refractivity contribution in [2.45, 2.75) is 19.3 Å². The van der Waals surface area contributed by atoms with Gasteiger partial charge in [-0.05, 0) is 18.2 Å². The third kappa shape index (κ3) is 3.54. The molecule has 1 N–H and O–H groups in total. The van der Waals surface area contributed by atoms with Crippen molar-refractivity contribution in [2.75, 3.05) is 19.1 Å². The van der Waals surface area contributed by atoms with E-state index < -0.39 is 6.23 Å². The maximum Gasteiger partial charge on any atom is 0.256 e. The van der Waals surface area contributed by atoms with Gasteiger partial charge in [0.1, 0.15) is 0 Å². The van der Waals surface area contributed by atoms with Crippen molar-refractivity contribution in [3.8, 4) is 22.9 Å². The number of nitrogens with zero attached hydrogens (tertiary/aromatic N) is 7. The van der Waals surface area contributed by atoms with E-state index in [0.717, 1.165) is 33.9 Å². The maximum atomic E-state index is 10.9. The highest BCUT2D eigenvalue weighted by molar-refractivity contribution is 5.63. The molecule has 4 aromatic rings. The van der Waals surface area contributed by atoms with E-state index in [-0.39, 0.29) is 0 Å². The van der Waals surface area contributed by atoms with E-state index in [1.807, 2.05) is 53.3 Å². The number of aliphatic hydroxyl groups is 1. The number of anilines is 1. The van der Waals surface area contributed by atoms with Crippen LogP contribution in [0.15, 0.2) is 49.1 Å². The van der Waals surface area contributed by atoms with E-state index in [1.165, 1.54) is 0 Å². The third-order valence-corrected chi connectivity index (χ3v) is 5.47. The van der Waals surface area contributed by atoms with Gasteiger partial charge in [0, 0.05) is 36.8 Å². The van der Waals surface area contributed by atoms with Gasteiger partial charge < -0.3 is 19.5 Å². The molecule has 1 atom stereocenters. The minimum absolute atomic E-state index is 0.418. The highest BCUT2D eigenvalue weighted by Gasteiger charge is 2.31. The number of rotatable bonds is 6. The van der Waals surface area contributed by atoms with Gasteiger partial charge >= 0.3 is 0 Å². The second-order valence-corrected chi connectivity index (χ2v) is 7.55. The molecule has 1 unspecified atom stereocenters. The molecule has 1 aliphatic heterocycles. The Morgan fingerprint density at radius 2 is 2.03 bits per heavy atom. The van der Waals surface area contributed by atoms with E-state index in [0.29, 0.717) is 24.7 Å². The van der Waals surface area contributed by atoms with Crippen LogP contribution in [0.25, 0.3) is 11.3 Å². The highest BCUT2D eigenvalue weighted by Crippen LogP contribution is 2.37. The van der Waals surface area contributed by atoms with Crippen molar-refractivity contribution in [3.63, 3.8) is 0 Å². The summed E-state index contributed by atoms with van der Waals surface area (Å²) in [6.45, 7) is 1.03. The summed E-state index contributed by atoms with van der Waals surface area (Å²) in [6.07, 6.45) is 6.46. The monoisotopic (exact) mass is 433 g/mol. The van der Waals surface area contributed by atoms with Gasteiger partial charge in [0.05, 0.1) is 56.3 Å². The summed E-state index contributed by atoms with van der Waals surface area (Å²) < 4.78 is 14.1. The van der Waals surface area contributed by atoms with Gasteiger partial charge in [-0.3, -0.25) is 14.3 Å². The van der Waals surface area contributed by atoms with E-state index in [4.69, 9.17) is 14.5 Å². The number of pyridine rings is 2. The Bertz CT molecular complexity index is 1270. The first-order valence-electron chi connectivity index (χ1n) is 10.1. The van der Waals surface area contributed by atoms with Crippen LogP contribution in [-0.4, -0.2) is 48.9 Å². The first-order valence-corrected chi connectivity index (χ1v) is 10.1. The van der Waals surface area contributed by atoms with Crippen LogP contribution in [0.1, 0.15) is 23.2 Å². The fraction of sp³-hybridized carbons (Fsp3) is 0.273. The van der Waals surface area contributed by atoms with Crippen molar-refractivity contribution in [1.82, 2.24) is 29.5 Å². The molecule has 0 aliphatic carbocycles. The van der Waals surface area contributed by atoms with Gasteiger partial charge in [0.15, 0.2) is 12.0 Å². The second-order valence-electron chi connectivity index (χ2n) is 7.55. The summed E-state index contributed by atoms with van der Waals surface area (Å²) in [7, 11) is 5.00. The summed E-state index contributed by atoms with van der Waals surface area (Å²) in [5.41, 5.74) is 4.88. The molecule has 10 nitrogen and oxygen atoms in total. The zero-order valence-electron chi connectivity index (χ0n) is 18.0. The van der Waals surface area contributed by atoms with Gasteiger partial charge in [0.25, 0.3) is 5.88 Å². The van der Waals surface area contributed by atoms with Crippen LogP contribution in [0.5, 0.6) is 11.6 Å². The van der Waals surface area contributed by atoms with Crippen LogP contribution in [0, 0.1) is 0 Å². The fourth-order valence-electron chi connectivity index (χ4n) is 3.86. The molecule has 0 spiro atoms. The predicted molar refractivity (Wildman–Crippen MR) is 116 cm³/mol. The first-order chi connectivity index (χ1) is 15.6. The van der Waals surface area contributed by atoms with Gasteiger partial charge in [-0.25, -0.2) is 4.98 Å². The average molecular weight is 433 g/mol. The lowest BCUT2D eigenvalue weighted by atomic mass is 10.1. The molecule has 10 heteroatoms. The number of aromatic nitrogens is 6. The predicted octanol–water partition coefficient (Wildman–Crippen LogP) is 2.15. The molecular formula is C22H23N7O3. The molecule has 4 aromatic heterocycles. The number of hydrogen-bond donors (Lipinski definition) is 1. The fourth-order valence-corrected chi connectivity index (χ4v) is 3.86. The third-order valence-electron chi connectivity index (χ3n) is 5.47. The Morgan fingerprint density at radius 3 is 2.78 bits per heavy atom. The molecule has 0 saturated heterocycles. The van der Waals surface area contributed by atoms with Crippen LogP contribution in [0.3, 0.4) is 0 Å². The number of fused-ring (bicyclic) bond motifs is 1. The average Bonchev–Trinajstić information content (AvgIpc) is 3.52. The number of aliphatic hydroxyl groups excluding tert-OH is 1. The van der Waals surface area contributed by atoms with Gasteiger partial charge in [0.2, 0.25) is 0 Å². The van der Waals surface area contributed by atoms with Crippen molar-refractivity contribution in [1.29, 1.82) is 0 Å². The molecule has 164 valence electrons. The lowest BCUT2D eigenvalue weighted by Gasteiger charge is -2.20. The first kappa shape index (κ1) is 20.0. The van der Waals surface area contributed by atoms with Crippen LogP contribution in [0.2, 0.25) is 0 Å². The summed E-state index contributed by atoms with van der Waals surface area (Å²) in [4.78, 5) is 10.9. The summed E-state index contributed by atoms with van der Waals surface area (Å²) >= 11 is 0. The molecular weight excluding hydrogens is 410 g/mol. The van der Waals surface area contributed by atoms with E-state index in [1.54, 1.807) is 31.3 Å². The quantitative estimate of drug-likeness (QED) is 0.493. The summed E-state index contributed by atoms with van der Waals surface area (Å²) in [5, 5.41) is 19.7. The Morgan fingerprint density at radius 1 is 1.16 bits per heavy atom. The lowest BCUT2D eigenvalue weighted by Crippen LogP contribution is -2.20. The summed E-state index contributed by atoms with van der Waals surface area (Å²) in [6, 6.07) is 7.57. The van der Waals surface area contributed by atoms with E-state index in [9.17, 15) is 5.11 Å². The van der Waals surface area contributed by atoms with Crippen LogP contribution in [0.4, 0.5) is 5.69 Å². The zero-order valence-corrected chi connectivity index (χ0v) is 18.0. The highest BCUT2D eigenvalue weighted by atomic mass is 16.5. The molecule has 32 heavy (non-hydrogen) atoms. The number of aryl methyl sites for hydroxylation is 1. The molecule has 5 heterocycles. The number of methoxy groups -OCH3 is 2. The molecule has 0 fully saturated rings. The van der Waals surface area contributed by atoms with Crippen molar-refractivity contribution >= 4 is 5.69 Å². The molecule has 0 amide bonds. The number of ether oxygens (including phenoxy) is 2. The van der Waals surface area contributed by atoms with E-state index >= 15 is 0 Å². The Labute approximate surface area is 184 Å². The molecule has 5 rings (SSSR count).